The van der Waals surface area contributed by atoms with Crippen LogP contribution in [0.25, 0.3) is 0 Å². The van der Waals surface area contributed by atoms with E-state index >= 15 is 0 Å². The monoisotopic (exact) mass is 435 g/mol. The molecule has 32 heavy (non-hydrogen) atoms. The highest BCUT2D eigenvalue weighted by Crippen LogP contribution is 2.53. The molecule has 5 rings (SSSR count). The molecule has 1 aromatic carbocycles. The molecule has 3 aliphatic rings. The Morgan fingerprint density at radius 2 is 1.91 bits per heavy atom. The van der Waals surface area contributed by atoms with Crippen LogP contribution < -0.4 is 0 Å². The number of piperidine rings is 1. The van der Waals surface area contributed by atoms with E-state index in [-0.39, 0.29) is 41.2 Å². The smallest absolute Gasteiger partial charge is 0.255 e. The molecule has 2 amide bonds. The van der Waals surface area contributed by atoms with Crippen LogP contribution in [0.15, 0.2) is 42.7 Å². The third-order valence-electron chi connectivity index (χ3n) is 7.88. The third-order valence-corrected chi connectivity index (χ3v) is 7.88. The minimum atomic E-state index is -0.266. The van der Waals surface area contributed by atoms with Crippen molar-refractivity contribution < 1.29 is 14.0 Å². The van der Waals surface area contributed by atoms with Crippen molar-refractivity contribution in [1.29, 1.82) is 0 Å². The van der Waals surface area contributed by atoms with Crippen LogP contribution in [0.4, 0.5) is 4.39 Å². The molecule has 2 saturated heterocycles. The highest BCUT2D eigenvalue weighted by Gasteiger charge is 2.60. The molecule has 4 atom stereocenters. The van der Waals surface area contributed by atoms with Gasteiger partial charge in [0, 0.05) is 43.4 Å². The summed E-state index contributed by atoms with van der Waals surface area (Å²) in [5.74, 6) is -0.152. The summed E-state index contributed by atoms with van der Waals surface area (Å²) in [5, 5.41) is 0. The number of carbonyl (C=O) groups is 2. The minimum absolute atomic E-state index is 0.00873. The fourth-order valence-corrected chi connectivity index (χ4v) is 6.62. The highest BCUT2D eigenvalue weighted by molar-refractivity contribution is 5.94. The van der Waals surface area contributed by atoms with E-state index in [1.807, 2.05) is 17.0 Å². The number of carbonyl (C=O) groups excluding carboxylic acids is 2. The fourth-order valence-electron chi connectivity index (χ4n) is 6.62. The van der Waals surface area contributed by atoms with E-state index < -0.39 is 0 Å². The lowest BCUT2D eigenvalue weighted by molar-refractivity contribution is -0.132. The largest absolute Gasteiger partial charge is 0.335 e. The van der Waals surface area contributed by atoms with E-state index in [2.05, 4.69) is 16.8 Å². The summed E-state index contributed by atoms with van der Waals surface area (Å²) in [5.41, 5.74) is 2.24. The Balaban J connectivity index is 1.44. The molecule has 168 valence electrons. The van der Waals surface area contributed by atoms with Crippen molar-refractivity contribution in [2.45, 2.75) is 70.5 Å². The standard InChI is InChI=1S/C26H30FN3O2/c1-17(31)30-22-13-26(2)23(8-3-4-9-24(26)30)29(16-22)25(32)20-11-19(14-28-15-20)10-18-6-5-7-21(27)12-18/h5-7,11-12,14-15,22-24H,3-4,8-10,13,16H2,1-2H3/t22-,23+,24-,26+/m0/s1. The Bertz CT molecular complexity index is 1060. The number of fused-ring (bicyclic) bond motifs is 1. The summed E-state index contributed by atoms with van der Waals surface area (Å²) in [6.45, 7) is 4.53. The van der Waals surface area contributed by atoms with Crippen molar-refractivity contribution in [3.05, 3.63) is 65.2 Å². The van der Waals surface area contributed by atoms with Gasteiger partial charge in [0.2, 0.25) is 5.91 Å². The molecule has 6 heteroatoms. The van der Waals surface area contributed by atoms with Gasteiger partial charge >= 0.3 is 0 Å². The number of rotatable bonds is 3. The number of amides is 2. The van der Waals surface area contributed by atoms with Gasteiger partial charge in [-0.25, -0.2) is 4.39 Å². The van der Waals surface area contributed by atoms with Gasteiger partial charge in [-0.1, -0.05) is 31.9 Å². The van der Waals surface area contributed by atoms with Crippen LogP contribution in [0.5, 0.6) is 0 Å². The van der Waals surface area contributed by atoms with Gasteiger partial charge in [-0.2, -0.15) is 0 Å². The van der Waals surface area contributed by atoms with Crippen LogP contribution in [0.2, 0.25) is 0 Å². The Morgan fingerprint density at radius 3 is 2.66 bits per heavy atom. The summed E-state index contributed by atoms with van der Waals surface area (Å²) in [6, 6.07) is 8.84. The molecule has 1 aromatic heterocycles. The first-order valence-electron chi connectivity index (χ1n) is 11.6. The summed E-state index contributed by atoms with van der Waals surface area (Å²) >= 11 is 0. The number of halogens is 1. The second-order valence-electron chi connectivity index (χ2n) is 9.95. The van der Waals surface area contributed by atoms with Crippen LogP contribution in [-0.4, -0.2) is 51.3 Å². The number of hydrogen-bond acceptors (Lipinski definition) is 3. The third kappa shape index (κ3) is 3.50. The van der Waals surface area contributed by atoms with Gasteiger partial charge in [0.15, 0.2) is 0 Å². The summed E-state index contributed by atoms with van der Waals surface area (Å²) in [4.78, 5) is 34.7. The van der Waals surface area contributed by atoms with Gasteiger partial charge in [0.25, 0.3) is 5.91 Å². The minimum Gasteiger partial charge on any atom is -0.335 e. The highest BCUT2D eigenvalue weighted by atomic mass is 19.1. The molecule has 2 bridgehead atoms. The zero-order valence-corrected chi connectivity index (χ0v) is 18.8. The Labute approximate surface area is 188 Å². The lowest BCUT2D eigenvalue weighted by Gasteiger charge is -2.46. The average Bonchev–Trinajstić information content (AvgIpc) is 2.87. The van der Waals surface area contributed by atoms with E-state index in [1.165, 1.54) is 12.1 Å². The van der Waals surface area contributed by atoms with E-state index in [0.29, 0.717) is 18.5 Å². The van der Waals surface area contributed by atoms with Crippen molar-refractivity contribution >= 4 is 11.8 Å². The normalized spacial score (nSPS) is 29.0. The molecule has 0 radical (unpaired) electrons. The van der Waals surface area contributed by atoms with Crippen molar-refractivity contribution in [2.75, 3.05) is 6.54 Å². The first-order valence-corrected chi connectivity index (χ1v) is 11.6. The predicted octanol–water partition coefficient (Wildman–Crippen LogP) is 4.21. The average molecular weight is 436 g/mol. The molecule has 5 nitrogen and oxygen atoms in total. The Kier molecular flexibility index (Phi) is 5.26. The molecule has 3 fully saturated rings. The Hall–Kier alpha value is -2.76. The van der Waals surface area contributed by atoms with Gasteiger partial charge in [-0.3, -0.25) is 14.6 Å². The number of nitrogens with zero attached hydrogens (tertiary/aromatic N) is 3. The van der Waals surface area contributed by atoms with Gasteiger partial charge < -0.3 is 9.80 Å². The van der Waals surface area contributed by atoms with Crippen LogP contribution in [0.1, 0.15) is 67.4 Å². The van der Waals surface area contributed by atoms with Crippen molar-refractivity contribution in [3.8, 4) is 0 Å². The number of benzene rings is 1. The maximum atomic E-state index is 13.7. The topological polar surface area (TPSA) is 53.5 Å². The summed E-state index contributed by atoms with van der Waals surface area (Å²) in [7, 11) is 0. The number of aromatic nitrogens is 1. The van der Waals surface area contributed by atoms with Crippen LogP contribution in [0.3, 0.4) is 0 Å². The van der Waals surface area contributed by atoms with Gasteiger partial charge in [-0.05, 0) is 55.0 Å². The lowest BCUT2D eigenvalue weighted by atomic mass is 9.71. The van der Waals surface area contributed by atoms with Gasteiger partial charge in [0.05, 0.1) is 11.6 Å². The first kappa shape index (κ1) is 21.1. The predicted molar refractivity (Wildman–Crippen MR) is 120 cm³/mol. The summed E-state index contributed by atoms with van der Waals surface area (Å²) in [6.07, 6.45) is 9.05. The van der Waals surface area contributed by atoms with Gasteiger partial charge in [-0.15, -0.1) is 0 Å². The lowest BCUT2D eigenvalue weighted by Crippen LogP contribution is -2.55. The van der Waals surface area contributed by atoms with E-state index in [1.54, 1.807) is 25.4 Å². The van der Waals surface area contributed by atoms with E-state index in [9.17, 15) is 14.0 Å². The van der Waals surface area contributed by atoms with Crippen LogP contribution in [0, 0.1) is 11.2 Å². The zero-order valence-electron chi connectivity index (χ0n) is 18.8. The number of pyridine rings is 1. The van der Waals surface area contributed by atoms with Crippen molar-refractivity contribution in [3.63, 3.8) is 0 Å². The molecule has 1 aliphatic carbocycles. The van der Waals surface area contributed by atoms with Crippen LogP contribution >= 0.6 is 0 Å². The molecular formula is C26H30FN3O2. The zero-order chi connectivity index (χ0) is 22.5. The summed E-state index contributed by atoms with van der Waals surface area (Å²) < 4.78 is 13.6. The second-order valence-corrected chi connectivity index (χ2v) is 9.95. The molecule has 3 heterocycles. The molecule has 2 aromatic rings. The molecular weight excluding hydrogens is 405 g/mol. The maximum Gasteiger partial charge on any atom is 0.255 e. The molecule has 0 spiro atoms. The maximum absolute atomic E-state index is 13.7. The van der Waals surface area contributed by atoms with Crippen molar-refractivity contribution in [2.24, 2.45) is 5.41 Å². The molecule has 1 saturated carbocycles. The quantitative estimate of drug-likeness (QED) is 0.726. The fraction of sp³-hybridized carbons (Fsp3) is 0.500. The van der Waals surface area contributed by atoms with Crippen molar-refractivity contribution in [1.82, 2.24) is 14.8 Å². The van der Waals surface area contributed by atoms with Crippen LogP contribution in [-0.2, 0) is 11.2 Å². The second kappa shape index (κ2) is 7.98. The van der Waals surface area contributed by atoms with E-state index in [0.717, 1.165) is 43.2 Å². The van der Waals surface area contributed by atoms with E-state index in [4.69, 9.17) is 0 Å². The molecule has 0 N–H and O–H groups in total. The number of hydrogen-bond donors (Lipinski definition) is 0. The number of likely N-dealkylation sites (tertiary alicyclic amines) is 2. The first-order chi connectivity index (χ1) is 15.4. The van der Waals surface area contributed by atoms with Gasteiger partial charge in [0.1, 0.15) is 5.82 Å². The Morgan fingerprint density at radius 1 is 1.12 bits per heavy atom. The molecule has 0 unspecified atom stereocenters. The SMILES string of the molecule is CC(=O)N1[C@@H]2CN(C(=O)c3cncc(Cc4cccc(F)c4)c3)[C@@H]3CCCC[C@H]1[C@]3(C)C2. The molecule has 2 aliphatic heterocycles.